The Morgan fingerprint density at radius 2 is 1.93 bits per heavy atom. The minimum absolute atomic E-state index is 0. The third kappa shape index (κ3) is 6.24. The SMILES string of the molecule is CN=C(NCCn1cccc1)NCc1csc(-c2ccc(OC)cc2)n1.I. The van der Waals surface area contributed by atoms with Gasteiger partial charge in [0.05, 0.1) is 19.3 Å². The molecule has 2 aromatic heterocycles. The summed E-state index contributed by atoms with van der Waals surface area (Å²) in [7, 11) is 3.44. The van der Waals surface area contributed by atoms with E-state index in [-0.39, 0.29) is 24.0 Å². The summed E-state index contributed by atoms with van der Waals surface area (Å²) < 4.78 is 7.32. The van der Waals surface area contributed by atoms with Crippen molar-refractivity contribution >= 4 is 41.3 Å². The monoisotopic (exact) mass is 497 g/mol. The molecular formula is C19H24IN5OS. The maximum atomic E-state index is 5.19. The van der Waals surface area contributed by atoms with Crippen LogP contribution >= 0.6 is 35.3 Å². The van der Waals surface area contributed by atoms with Gasteiger partial charge in [-0.15, -0.1) is 35.3 Å². The smallest absolute Gasteiger partial charge is 0.191 e. The van der Waals surface area contributed by atoms with Crippen LogP contribution in [0.5, 0.6) is 5.75 Å². The van der Waals surface area contributed by atoms with E-state index >= 15 is 0 Å². The van der Waals surface area contributed by atoms with E-state index in [1.54, 1.807) is 25.5 Å². The van der Waals surface area contributed by atoms with Gasteiger partial charge in [-0.05, 0) is 36.4 Å². The molecule has 0 atom stereocenters. The summed E-state index contributed by atoms with van der Waals surface area (Å²) in [4.78, 5) is 8.94. The standard InChI is InChI=1S/C19H23N5OS.HI/c1-20-19(21-9-12-24-10-3-4-11-24)22-13-16-14-26-18(23-16)15-5-7-17(25-2)8-6-15;/h3-8,10-11,14H,9,12-13H2,1-2H3,(H2,20,21,22);1H. The van der Waals surface area contributed by atoms with Crippen LogP contribution < -0.4 is 15.4 Å². The fraction of sp³-hybridized carbons (Fsp3) is 0.263. The van der Waals surface area contributed by atoms with Crippen LogP contribution in [0.4, 0.5) is 0 Å². The average Bonchev–Trinajstić information content (AvgIpc) is 3.36. The summed E-state index contributed by atoms with van der Waals surface area (Å²) >= 11 is 1.64. The number of methoxy groups -OCH3 is 1. The Morgan fingerprint density at radius 1 is 1.19 bits per heavy atom. The zero-order valence-electron chi connectivity index (χ0n) is 15.4. The molecule has 0 aliphatic carbocycles. The van der Waals surface area contributed by atoms with Crippen molar-refractivity contribution in [3.63, 3.8) is 0 Å². The molecule has 2 heterocycles. The van der Waals surface area contributed by atoms with Crippen LogP contribution in [-0.2, 0) is 13.1 Å². The Balaban J connectivity index is 0.00000261. The van der Waals surface area contributed by atoms with Crippen molar-refractivity contribution in [3.05, 3.63) is 59.9 Å². The van der Waals surface area contributed by atoms with Crippen molar-refractivity contribution in [3.8, 4) is 16.3 Å². The summed E-state index contributed by atoms with van der Waals surface area (Å²) in [6, 6.07) is 12.0. The van der Waals surface area contributed by atoms with Crippen LogP contribution in [0, 0.1) is 0 Å². The Morgan fingerprint density at radius 3 is 2.59 bits per heavy atom. The molecule has 0 bridgehead atoms. The van der Waals surface area contributed by atoms with Gasteiger partial charge in [-0.1, -0.05) is 0 Å². The molecule has 2 N–H and O–H groups in total. The van der Waals surface area contributed by atoms with E-state index in [1.165, 1.54) is 0 Å². The average molecular weight is 497 g/mol. The van der Waals surface area contributed by atoms with E-state index in [1.807, 2.05) is 48.8 Å². The molecule has 0 radical (unpaired) electrons. The van der Waals surface area contributed by atoms with Crippen molar-refractivity contribution in [2.45, 2.75) is 13.1 Å². The highest BCUT2D eigenvalue weighted by Gasteiger charge is 2.06. The largest absolute Gasteiger partial charge is 0.497 e. The number of guanidine groups is 1. The van der Waals surface area contributed by atoms with Crippen molar-refractivity contribution in [1.82, 2.24) is 20.2 Å². The Labute approximate surface area is 180 Å². The van der Waals surface area contributed by atoms with E-state index in [4.69, 9.17) is 9.72 Å². The fourth-order valence-electron chi connectivity index (χ4n) is 2.47. The first-order chi connectivity index (χ1) is 12.8. The van der Waals surface area contributed by atoms with Gasteiger partial charge in [0, 0.05) is 43.5 Å². The predicted molar refractivity (Wildman–Crippen MR) is 122 cm³/mol. The van der Waals surface area contributed by atoms with Gasteiger partial charge in [0.1, 0.15) is 10.8 Å². The number of thiazole rings is 1. The first-order valence-corrected chi connectivity index (χ1v) is 9.30. The number of benzene rings is 1. The molecule has 3 aromatic rings. The molecule has 3 rings (SSSR count). The molecule has 27 heavy (non-hydrogen) atoms. The summed E-state index contributed by atoms with van der Waals surface area (Å²) in [5.74, 6) is 1.62. The Hall–Kier alpha value is -2.07. The number of hydrogen-bond acceptors (Lipinski definition) is 4. The molecule has 0 aliphatic rings. The molecule has 0 aliphatic heterocycles. The van der Waals surface area contributed by atoms with E-state index in [0.29, 0.717) is 6.54 Å². The predicted octanol–water partition coefficient (Wildman–Crippen LogP) is 3.60. The molecule has 0 spiro atoms. The Bertz CT molecular complexity index is 830. The number of halogens is 1. The molecule has 8 heteroatoms. The maximum Gasteiger partial charge on any atom is 0.191 e. The topological polar surface area (TPSA) is 63.5 Å². The number of nitrogens with one attached hydrogen (secondary N) is 2. The van der Waals surface area contributed by atoms with Gasteiger partial charge in [0.2, 0.25) is 0 Å². The summed E-state index contributed by atoms with van der Waals surface area (Å²) in [6.07, 6.45) is 4.10. The van der Waals surface area contributed by atoms with Gasteiger partial charge >= 0.3 is 0 Å². The van der Waals surface area contributed by atoms with Crippen LogP contribution in [-0.4, -0.2) is 36.2 Å². The lowest BCUT2D eigenvalue weighted by molar-refractivity contribution is 0.415. The molecule has 0 unspecified atom stereocenters. The van der Waals surface area contributed by atoms with Crippen molar-refractivity contribution in [2.75, 3.05) is 20.7 Å². The zero-order valence-corrected chi connectivity index (χ0v) is 18.5. The van der Waals surface area contributed by atoms with Crippen molar-refractivity contribution < 1.29 is 4.74 Å². The second kappa shape index (κ2) is 10.9. The van der Waals surface area contributed by atoms with Crippen LogP contribution in [0.3, 0.4) is 0 Å². The van der Waals surface area contributed by atoms with E-state index in [2.05, 4.69) is 25.6 Å². The highest BCUT2D eigenvalue weighted by atomic mass is 127. The fourth-order valence-corrected chi connectivity index (χ4v) is 3.30. The molecule has 0 amide bonds. The minimum atomic E-state index is 0. The number of ether oxygens (including phenoxy) is 1. The van der Waals surface area contributed by atoms with Gasteiger partial charge < -0.3 is 19.9 Å². The van der Waals surface area contributed by atoms with Crippen molar-refractivity contribution in [2.24, 2.45) is 4.99 Å². The molecule has 0 saturated heterocycles. The molecule has 1 aromatic carbocycles. The van der Waals surface area contributed by atoms with Gasteiger partial charge in [0.15, 0.2) is 5.96 Å². The highest BCUT2D eigenvalue weighted by molar-refractivity contribution is 14.0. The summed E-state index contributed by atoms with van der Waals surface area (Å²) in [5.41, 5.74) is 2.09. The van der Waals surface area contributed by atoms with E-state index < -0.39 is 0 Å². The molecular weight excluding hydrogens is 473 g/mol. The first-order valence-electron chi connectivity index (χ1n) is 8.42. The molecule has 144 valence electrons. The van der Waals surface area contributed by atoms with Crippen LogP contribution in [0.1, 0.15) is 5.69 Å². The third-order valence-electron chi connectivity index (χ3n) is 3.88. The minimum Gasteiger partial charge on any atom is -0.497 e. The number of aromatic nitrogens is 2. The number of hydrogen-bond donors (Lipinski definition) is 2. The van der Waals surface area contributed by atoms with E-state index in [9.17, 15) is 0 Å². The first kappa shape index (κ1) is 21.2. The second-order valence-electron chi connectivity index (χ2n) is 5.65. The van der Waals surface area contributed by atoms with Gasteiger partial charge in [-0.25, -0.2) is 4.98 Å². The van der Waals surface area contributed by atoms with E-state index in [0.717, 1.165) is 41.1 Å². The van der Waals surface area contributed by atoms with Crippen LogP contribution in [0.15, 0.2) is 59.2 Å². The number of aliphatic imine (C=N–C) groups is 1. The molecule has 0 saturated carbocycles. The lowest BCUT2D eigenvalue weighted by Crippen LogP contribution is -2.38. The number of nitrogens with zero attached hydrogens (tertiary/aromatic N) is 3. The lowest BCUT2D eigenvalue weighted by Gasteiger charge is -2.11. The summed E-state index contributed by atoms with van der Waals surface area (Å²) in [5, 5.41) is 9.68. The third-order valence-corrected chi connectivity index (χ3v) is 4.82. The van der Waals surface area contributed by atoms with Gasteiger partial charge in [0.25, 0.3) is 0 Å². The van der Waals surface area contributed by atoms with Crippen LogP contribution in [0.2, 0.25) is 0 Å². The molecule has 6 nitrogen and oxygen atoms in total. The zero-order chi connectivity index (χ0) is 18.2. The molecule has 0 fully saturated rings. The normalized spacial score (nSPS) is 11.0. The lowest BCUT2D eigenvalue weighted by atomic mass is 10.2. The van der Waals surface area contributed by atoms with Gasteiger partial charge in [-0.2, -0.15) is 0 Å². The Kier molecular flexibility index (Phi) is 8.59. The second-order valence-corrected chi connectivity index (χ2v) is 6.50. The van der Waals surface area contributed by atoms with Gasteiger partial charge in [-0.3, -0.25) is 4.99 Å². The van der Waals surface area contributed by atoms with Crippen molar-refractivity contribution in [1.29, 1.82) is 0 Å². The van der Waals surface area contributed by atoms with Crippen LogP contribution in [0.25, 0.3) is 10.6 Å². The maximum absolute atomic E-state index is 5.19. The highest BCUT2D eigenvalue weighted by Crippen LogP contribution is 2.25. The quantitative estimate of drug-likeness (QED) is 0.298. The summed E-state index contributed by atoms with van der Waals surface area (Å²) in [6.45, 7) is 2.34. The number of rotatable bonds is 7.